The minimum Gasteiger partial charge on any atom is -0.464 e. The molecule has 162 valence electrons. The van der Waals surface area contributed by atoms with Crippen LogP contribution in [0, 0.1) is 10.1 Å². The second kappa shape index (κ2) is 7.71. The number of nitro groups is 1. The van der Waals surface area contributed by atoms with Gasteiger partial charge < -0.3 is 4.74 Å². The van der Waals surface area contributed by atoms with Crippen molar-refractivity contribution < 1.29 is 9.66 Å². The summed E-state index contributed by atoms with van der Waals surface area (Å²) in [4.78, 5) is 11.0. The molecule has 2 aliphatic heterocycles. The number of non-ortho nitro benzene ring substituents is 1. The SMILES string of the molecule is O=[N+]([O-])c1cccc([C@H]2Oc3ccc(Br)cc3[C@H]3CC(c4ccc5ccccc5c4)=NN32)c1. The van der Waals surface area contributed by atoms with E-state index in [0.717, 1.165) is 38.9 Å². The maximum atomic E-state index is 11.4. The third kappa shape index (κ3) is 3.45. The fourth-order valence-corrected chi connectivity index (χ4v) is 4.99. The van der Waals surface area contributed by atoms with Gasteiger partial charge in [-0.3, -0.25) is 10.1 Å². The van der Waals surface area contributed by atoms with E-state index in [1.807, 2.05) is 35.3 Å². The average Bonchev–Trinajstić information content (AvgIpc) is 3.29. The highest BCUT2D eigenvalue weighted by atomic mass is 79.9. The van der Waals surface area contributed by atoms with E-state index >= 15 is 0 Å². The predicted octanol–water partition coefficient (Wildman–Crippen LogP) is 6.75. The summed E-state index contributed by atoms with van der Waals surface area (Å²) in [6.07, 6.45) is 0.165. The Bertz CT molecular complexity index is 1450. The molecule has 7 heteroatoms. The van der Waals surface area contributed by atoms with Gasteiger partial charge in [0.15, 0.2) is 0 Å². The summed E-state index contributed by atoms with van der Waals surface area (Å²) < 4.78 is 7.32. The fraction of sp³-hybridized carbons (Fsp3) is 0.115. The Morgan fingerprint density at radius 2 is 1.82 bits per heavy atom. The lowest BCUT2D eigenvalue weighted by molar-refractivity contribution is -0.385. The molecule has 0 spiro atoms. The predicted molar refractivity (Wildman–Crippen MR) is 130 cm³/mol. The van der Waals surface area contributed by atoms with Gasteiger partial charge in [0.25, 0.3) is 5.69 Å². The van der Waals surface area contributed by atoms with E-state index in [0.29, 0.717) is 5.56 Å². The smallest absolute Gasteiger partial charge is 0.269 e. The first-order valence-electron chi connectivity index (χ1n) is 10.6. The second-order valence-corrected chi connectivity index (χ2v) is 9.13. The Hall–Kier alpha value is -3.71. The van der Waals surface area contributed by atoms with Gasteiger partial charge in [-0.15, -0.1) is 0 Å². The summed E-state index contributed by atoms with van der Waals surface area (Å²) in [6, 6.07) is 27.2. The topological polar surface area (TPSA) is 68.0 Å². The van der Waals surface area contributed by atoms with Gasteiger partial charge >= 0.3 is 0 Å². The molecule has 6 nitrogen and oxygen atoms in total. The molecule has 6 rings (SSSR count). The number of hydrogen-bond donors (Lipinski definition) is 0. The van der Waals surface area contributed by atoms with Crippen LogP contribution in [0.1, 0.15) is 35.4 Å². The van der Waals surface area contributed by atoms with Crippen LogP contribution in [0.3, 0.4) is 0 Å². The molecule has 2 heterocycles. The van der Waals surface area contributed by atoms with Crippen molar-refractivity contribution >= 4 is 38.1 Å². The Morgan fingerprint density at radius 3 is 2.67 bits per heavy atom. The van der Waals surface area contributed by atoms with Crippen LogP contribution in [-0.2, 0) is 0 Å². The Morgan fingerprint density at radius 1 is 0.970 bits per heavy atom. The highest BCUT2D eigenvalue weighted by Gasteiger charge is 2.41. The van der Waals surface area contributed by atoms with Crippen LogP contribution in [0.15, 0.2) is 94.5 Å². The van der Waals surface area contributed by atoms with Crippen molar-refractivity contribution in [1.82, 2.24) is 5.01 Å². The zero-order valence-corrected chi connectivity index (χ0v) is 19.0. The van der Waals surface area contributed by atoms with E-state index in [1.165, 1.54) is 11.5 Å². The number of nitrogens with zero attached hydrogens (tertiary/aromatic N) is 3. The van der Waals surface area contributed by atoms with Gasteiger partial charge in [0.05, 0.1) is 16.7 Å². The lowest BCUT2D eigenvalue weighted by Gasteiger charge is -2.38. The van der Waals surface area contributed by atoms with Gasteiger partial charge in [-0.05, 0) is 40.6 Å². The summed E-state index contributed by atoms with van der Waals surface area (Å²) in [5.41, 5.74) is 3.82. The minimum absolute atomic E-state index is 0.0306. The van der Waals surface area contributed by atoms with E-state index in [-0.39, 0.29) is 16.7 Å². The van der Waals surface area contributed by atoms with Gasteiger partial charge in [-0.25, -0.2) is 5.01 Å². The van der Waals surface area contributed by atoms with Gasteiger partial charge in [0.2, 0.25) is 6.23 Å². The molecule has 2 atom stereocenters. The molecule has 4 aromatic rings. The number of hydrazone groups is 1. The van der Waals surface area contributed by atoms with Crippen LogP contribution >= 0.6 is 15.9 Å². The van der Waals surface area contributed by atoms with Crippen molar-refractivity contribution in [1.29, 1.82) is 0 Å². The molecule has 0 N–H and O–H groups in total. The third-order valence-corrected chi connectivity index (χ3v) is 6.69. The van der Waals surface area contributed by atoms with Crippen molar-refractivity contribution in [3.63, 3.8) is 0 Å². The highest BCUT2D eigenvalue weighted by Crippen LogP contribution is 2.48. The normalized spacial score (nSPS) is 18.9. The van der Waals surface area contributed by atoms with Crippen LogP contribution < -0.4 is 4.74 Å². The molecule has 0 saturated heterocycles. The van der Waals surface area contributed by atoms with E-state index in [2.05, 4.69) is 52.3 Å². The molecular weight excluding hydrogens is 482 g/mol. The number of ether oxygens (including phenoxy) is 1. The van der Waals surface area contributed by atoms with Gasteiger partial charge in [0.1, 0.15) is 5.75 Å². The van der Waals surface area contributed by atoms with E-state index in [4.69, 9.17) is 9.84 Å². The molecule has 0 aliphatic carbocycles. The molecule has 0 amide bonds. The van der Waals surface area contributed by atoms with Crippen LogP contribution in [0.25, 0.3) is 10.8 Å². The average molecular weight is 500 g/mol. The molecule has 0 fully saturated rings. The molecule has 2 aliphatic rings. The zero-order chi connectivity index (χ0) is 22.5. The number of hydrogen-bond acceptors (Lipinski definition) is 5. The van der Waals surface area contributed by atoms with Crippen LogP contribution in [0.2, 0.25) is 0 Å². The maximum absolute atomic E-state index is 11.4. The number of fused-ring (bicyclic) bond motifs is 4. The summed E-state index contributed by atoms with van der Waals surface area (Å²) in [5, 5.41) is 20.6. The van der Waals surface area contributed by atoms with Crippen molar-refractivity contribution in [3.8, 4) is 5.75 Å². The molecule has 33 heavy (non-hydrogen) atoms. The summed E-state index contributed by atoms with van der Waals surface area (Å²) in [5.74, 6) is 0.769. The molecule has 4 aromatic carbocycles. The lowest BCUT2D eigenvalue weighted by atomic mass is 9.95. The monoisotopic (exact) mass is 499 g/mol. The molecule has 0 saturated carbocycles. The number of benzene rings is 4. The van der Waals surface area contributed by atoms with Gasteiger partial charge in [-0.1, -0.05) is 64.5 Å². The Balaban J connectivity index is 1.46. The summed E-state index contributed by atoms with van der Waals surface area (Å²) in [7, 11) is 0. The van der Waals surface area contributed by atoms with Gasteiger partial charge in [-0.2, -0.15) is 5.10 Å². The molecule has 0 aromatic heterocycles. The van der Waals surface area contributed by atoms with Gasteiger partial charge in [0, 0.05) is 34.2 Å². The number of nitro benzene ring substituents is 1. The quantitative estimate of drug-likeness (QED) is 0.231. The molecular formula is C26H18BrN3O3. The lowest BCUT2D eigenvalue weighted by Crippen LogP contribution is -2.33. The highest BCUT2D eigenvalue weighted by molar-refractivity contribution is 9.10. The van der Waals surface area contributed by atoms with Crippen LogP contribution in [0.5, 0.6) is 5.75 Å². The Labute approximate surface area is 198 Å². The fourth-order valence-electron chi connectivity index (χ4n) is 4.61. The van der Waals surface area contributed by atoms with Crippen LogP contribution in [0.4, 0.5) is 5.69 Å². The first kappa shape index (κ1) is 19.9. The third-order valence-electron chi connectivity index (χ3n) is 6.20. The van der Waals surface area contributed by atoms with Crippen molar-refractivity contribution in [2.24, 2.45) is 5.10 Å². The standard InChI is InChI=1S/C26H18BrN3O3/c27-20-10-11-25-22(14-20)24-15-23(18-9-8-16-4-1-2-5-17(16)12-18)28-29(24)26(33-25)19-6-3-7-21(13-19)30(31)32/h1-14,24,26H,15H2/t24-,26-/m1/s1. The first-order chi connectivity index (χ1) is 16.1. The van der Waals surface area contributed by atoms with Crippen LogP contribution in [-0.4, -0.2) is 15.6 Å². The number of halogens is 1. The van der Waals surface area contributed by atoms with Crippen molar-refractivity contribution in [2.45, 2.75) is 18.7 Å². The Kier molecular flexibility index (Phi) is 4.66. The molecule has 0 radical (unpaired) electrons. The second-order valence-electron chi connectivity index (χ2n) is 8.21. The molecule has 0 bridgehead atoms. The maximum Gasteiger partial charge on any atom is 0.269 e. The van der Waals surface area contributed by atoms with E-state index < -0.39 is 6.23 Å². The molecule has 0 unspecified atom stereocenters. The summed E-state index contributed by atoms with van der Waals surface area (Å²) in [6.45, 7) is 0. The summed E-state index contributed by atoms with van der Waals surface area (Å²) >= 11 is 3.57. The number of rotatable bonds is 3. The first-order valence-corrected chi connectivity index (χ1v) is 11.4. The van der Waals surface area contributed by atoms with E-state index in [1.54, 1.807) is 12.1 Å². The largest absolute Gasteiger partial charge is 0.464 e. The van der Waals surface area contributed by atoms with Crippen molar-refractivity contribution in [2.75, 3.05) is 0 Å². The van der Waals surface area contributed by atoms with Crippen molar-refractivity contribution in [3.05, 3.63) is 116 Å². The zero-order valence-electron chi connectivity index (χ0n) is 17.4. The van der Waals surface area contributed by atoms with E-state index in [9.17, 15) is 10.1 Å². The minimum atomic E-state index is -0.554.